The van der Waals surface area contributed by atoms with Crippen LogP contribution in [-0.4, -0.2) is 42.4 Å². The van der Waals surface area contributed by atoms with Crippen LogP contribution in [0.25, 0.3) is 0 Å². The molecule has 1 fully saturated rings. The Kier molecular flexibility index (Phi) is 2.95. The Morgan fingerprint density at radius 3 is 2.50 bits per heavy atom. The van der Waals surface area contributed by atoms with Crippen molar-refractivity contribution in [3.05, 3.63) is 0 Å². The van der Waals surface area contributed by atoms with Gasteiger partial charge in [-0.2, -0.15) is 13.2 Å². The second-order valence-electron chi connectivity index (χ2n) is 3.05. The van der Waals surface area contributed by atoms with E-state index in [1.54, 1.807) is 4.90 Å². The van der Waals surface area contributed by atoms with E-state index in [0.717, 1.165) is 0 Å². The lowest BCUT2D eigenvalue weighted by atomic mass is 10.1. The van der Waals surface area contributed by atoms with Crippen LogP contribution in [-0.2, 0) is 0 Å². The number of nitrogens with zero attached hydrogens (tertiary/aromatic N) is 1. The normalized spacial score (nSPS) is 26.5. The zero-order valence-electron chi connectivity index (χ0n) is 6.64. The summed E-state index contributed by atoms with van der Waals surface area (Å²) in [5, 5.41) is 8.49. The molecule has 1 rings (SSSR count). The van der Waals surface area contributed by atoms with E-state index in [1.165, 1.54) is 0 Å². The average molecular weight is 183 g/mol. The van der Waals surface area contributed by atoms with Gasteiger partial charge in [0, 0.05) is 13.1 Å². The summed E-state index contributed by atoms with van der Waals surface area (Å²) < 4.78 is 36.3. The molecule has 0 spiro atoms. The van der Waals surface area contributed by atoms with Gasteiger partial charge in [-0.25, -0.2) is 0 Å². The fraction of sp³-hybridized carbons (Fsp3) is 1.00. The molecule has 1 atom stereocenters. The third-order valence-electron chi connectivity index (χ3n) is 2.15. The maximum absolute atomic E-state index is 12.1. The van der Waals surface area contributed by atoms with Crippen LogP contribution in [0.1, 0.15) is 6.42 Å². The van der Waals surface area contributed by atoms with Crippen LogP contribution in [0, 0.1) is 5.92 Å². The molecule has 1 aliphatic heterocycles. The Labute approximate surface area is 69.0 Å². The lowest BCUT2D eigenvalue weighted by Crippen LogP contribution is -2.29. The summed E-state index contributed by atoms with van der Waals surface area (Å²) >= 11 is 0. The van der Waals surface area contributed by atoms with Gasteiger partial charge < -0.3 is 10.0 Å². The van der Waals surface area contributed by atoms with E-state index >= 15 is 0 Å². The summed E-state index contributed by atoms with van der Waals surface area (Å²) in [6.07, 6.45) is -3.90. The Morgan fingerprint density at radius 2 is 2.08 bits per heavy atom. The van der Waals surface area contributed by atoms with Gasteiger partial charge in [-0.05, 0) is 13.0 Å². The lowest BCUT2D eigenvalue weighted by Gasteiger charge is -2.16. The molecular weight excluding hydrogens is 171 g/mol. The summed E-state index contributed by atoms with van der Waals surface area (Å²) in [5.74, 6) is -1.19. The molecule has 0 aliphatic carbocycles. The average Bonchev–Trinajstić information content (AvgIpc) is 2.35. The van der Waals surface area contributed by atoms with Gasteiger partial charge in [-0.1, -0.05) is 0 Å². The van der Waals surface area contributed by atoms with Gasteiger partial charge in [0.05, 0.1) is 12.5 Å². The van der Waals surface area contributed by atoms with E-state index in [2.05, 4.69) is 0 Å². The first-order valence-corrected chi connectivity index (χ1v) is 3.94. The zero-order chi connectivity index (χ0) is 9.19. The minimum absolute atomic E-state index is 0.0457. The monoisotopic (exact) mass is 183 g/mol. The van der Waals surface area contributed by atoms with Crippen LogP contribution in [0.3, 0.4) is 0 Å². The van der Waals surface area contributed by atoms with E-state index in [1.807, 2.05) is 0 Å². The molecule has 0 aromatic rings. The molecule has 1 saturated heterocycles. The number of aliphatic hydroxyl groups excluding tert-OH is 1. The minimum atomic E-state index is -4.07. The molecule has 0 bridgehead atoms. The molecule has 0 aromatic carbocycles. The van der Waals surface area contributed by atoms with E-state index in [4.69, 9.17) is 5.11 Å². The fourth-order valence-electron chi connectivity index (χ4n) is 1.44. The lowest BCUT2D eigenvalue weighted by molar-refractivity contribution is -0.170. The maximum atomic E-state index is 12.1. The van der Waals surface area contributed by atoms with Crippen LogP contribution < -0.4 is 0 Å². The van der Waals surface area contributed by atoms with Gasteiger partial charge in [0.2, 0.25) is 0 Å². The van der Waals surface area contributed by atoms with E-state index in [9.17, 15) is 13.2 Å². The third-order valence-corrected chi connectivity index (χ3v) is 2.15. The first-order valence-electron chi connectivity index (χ1n) is 3.94. The molecule has 72 valence electrons. The fourth-order valence-corrected chi connectivity index (χ4v) is 1.44. The van der Waals surface area contributed by atoms with Crippen molar-refractivity contribution in [3.8, 4) is 0 Å². The van der Waals surface area contributed by atoms with Gasteiger partial charge in [0.25, 0.3) is 0 Å². The SMILES string of the molecule is OCCN1CCC(C(F)(F)F)C1. The van der Waals surface area contributed by atoms with Gasteiger partial charge >= 0.3 is 6.18 Å². The number of aliphatic hydroxyl groups is 1. The van der Waals surface area contributed by atoms with Crippen LogP contribution in [0.5, 0.6) is 0 Å². The van der Waals surface area contributed by atoms with Crippen molar-refractivity contribution in [2.45, 2.75) is 12.6 Å². The number of β-amino-alcohol motifs (C(OH)–C–C–N with tert-alkyl or cyclic N) is 1. The molecule has 2 nitrogen and oxygen atoms in total. The highest BCUT2D eigenvalue weighted by molar-refractivity contribution is 4.80. The second-order valence-corrected chi connectivity index (χ2v) is 3.05. The number of likely N-dealkylation sites (tertiary alicyclic amines) is 1. The molecule has 5 heteroatoms. The molecule has 0 aromatic heterocycles. The first kappa shape index (κ1) is 9.80. The van der Waals surface area contributed by atoms with Crippen molar-refractivity contribution >= 4 is 0 Å². The molecule has 0 saturated carbocycles. The summed E-state index contributed by atoms with van der Waals surface area (Å²) in [6.45, 7) is 0.784. The van der Waals surface area contributed by atoms with Crippen molar-refractivity contribution in [3.63, 3.8) is 0 Å². The summed E-state index contributed by atoms with van der Waals surface area (Å²) in [6, 6.07) is 0. The quantitative estimate of drug-likeness (QED) is 0.686. The van der Waals surface area contributed by atoms with Crippen LogP contribution in [0.4, 0.5) is 13.2 Å². The van der Waals surface area contributed by atoms with Crippen molar-refractivity contribution in [2.75, 3.05) is 26.2 Å². The molecule has 1 unspecified atom stereocenters. The predicted molar refractivity (Wildman–Crippen MR) is 37.7 cm³/mol. The maximum Gasteiger partial charge on any atom is 0.393 e. The van der Waals surface area contributed by atoms with Crippen molar-refractivity contribution in [2.24, 2.45) is 5.92 Å². The van der Waals surface area contributed by atoms with Crippen LogP contribution >= 0.6 is 0 Å². The third kappa shape index (κ3) is 2.35. The topological polar surface area (TPSA) is 23.5 Å². The number of alkyl halides is 3. The van der Waals surface area contributed by atoms with Crippen molar-refractivity contribution in [1.82, 2.24) is 4.90 Å². The molecule has 12 heavy (non-hydrogen) atoms. The van der Waals surface area contributed by atoms with E-state index < -0.39 is 12.1 Å². The van der Waals surface area contributed by atoms with Crippen LogP contribution in [0.15, 0.2) is 0 Å². The summed E-state index contributed by atoms with van der Waals surface area (Å²) in [7, 11) is 0. The summed E-state index contributed by atoms with van der Waals surface area (Å²) in [4.78, 5) is 1.64. The standard InChI is InChI=1S/C7H12F3NO/c8-7(9,10)6-1-2-11(5-6)3-4-12/h6,12H,1-5H2. The van der Waals surface area contributed by atoms with Gasteiger partial charge in [-0.15, -0.1) is 0 Å². The van der Waals surface area contributed by atoms with Crippen molar-refractivity contribution in [1.29, 1.82) is 0 Å². The van der Waals surface area contributed by atoms with Gasteiger partial charge in [0.15, 0.2) is 0 Å². The molecule has 1 aliphatic rings. The Morgan fingerprint density at radius 1 is 1.42 bits per heavy atom. The highest BCUT2D eigenvalue weighted by Gasteiger charge is 2.43. The predicted octanol–water partition coefficient (Wildman–Crippen LogP) is 0.863. The number of halogens is 3. The van der Waals surface area contributed by atoms with Crippen molar-refractivity contribution < 1.29 is 18.3 Å². The first-order chi connectivity index (χ1) is 5.54. The summed E-state index contributed by atoms with van der Waals surface area (Å²) in [5.41, 5.74) is 0. The van der Waals surface area contributed by atoms with Gasteiger partial charge in [0.1, 0.15) is 0 Å². The zero-order valence-corrected chi connectivity index (χ0v) is 6.64. The highest BCUT2D eigenvalue weighted by atomic mass is 19.4. The molecular formula is C7H12F3NO. The Bertz CT molecular complexity index is 148. The number of hydrogen-bond donors (Lipinski definition) is 1. The smallest absolute Gasteiger partial charge is 0.393 e. The number of hydrogen-bond acceptors (Lipinski definition) is 2. The molecule has 0 radical (unpaired) electrons. The second kappa shape index (κ2) is 3.62. The minimum Gasteiger partial charge on any atom is -0.395 e. The molecule has 0 amide bonds. The number of rotatable bonds is 2. The Balaban J connectivity index is 2.35. The Hall–Kier alpha value is -0.290. The van der Waals surface area contributed by atoms with Gasteiger partial charge in [-0.3, -0.25) is 0 Å². The molecule has 1 N–H and O–H groups in total. The van der Waals surface area contributed by atoms with Crippen LogP contribution in [0.2, 0.25) is 0 Å². The van der Waals surface area contributed by atoms with E-state index in [0.29, 0.717) is 13.1 Å². The highest BCUT2D eigenvalue weighted by Crippen LogP contribution is 2.33. The van der Waals surface area contributed by atoms with E-state index in [-0.39, 0.29) is 19.6 Å². The largest absolute Gasteiger partial charge is 0.395 e. The molecule has 1 heterocycles.